The molecule has 1 N–H and O–H groups in total. The van der Waals surface area contributed by atoms with Gasteiger partial charge in [0.05, 0.1) is 9.21 Å². The molecule has 4 rings (SSSR count). The molecule has 2 fully saturated rings. The molecule has 2 aliphatic rings. The van der Waals surface area contributed by atoms with Gasteiger partial charge in [-0.3, -0.25) is 9.59 Å². The van der Waals surface area contributed by atoms with Gasteiger partial charge in [-0.1, -0.05) is 11.6 Å². The van der Waals surface area contributed by atoms with Crippen LogP contribution in [0.2, 0.25) is 4.34 Å². The van der Waals surface area contributed by atoms with Crippen molar-refractivity contribution in [1.29, 1.82) is 0 Å². The van der Waals surface area contributed by atoms with Crippen LogP contribution in [0.4, 0.5) is 11.4 Å². The van der Waals surface area contributed by atoms with Crippen LogP contribution < -0.4 is 10.2 Å². The molecule has 7 heteroatoms. The lowest BCUT2D eigenvalue weighted by Crippen LogP contribution is -2.36. The highest BCUT2D eigenvalue weighted by Gasteiger charge is 2.33. The van der Waals surface area contributed by atoms with E-state index in [0.29, 0.717) is 15.1 Å². The highest BCUT2D eigenvalue weighted by Crippen LogP contribution is 2.31. The quantitative estimate of drug-likeness (QED) is 0.836. The van der Waals surface area contributed by atoms with Gasteiger partial charge < -0.3 is 15.1 Å². The molecular formula is C20H22ClN3O2S. The van der Waals surface area contributed by atoms with Crippen molar-refractivity contribution in [1.82, 2.24) is 4.90 Å². The largest absolute Gasteiger partial charge is 0.370 e. The molecule has 2 amide bonds. The standard InChI is InChI=1S/C20H22ClN3O2S/c21-18-9-8-17(27-18)19(25)22-15-4-6-16(7-5-15)23-10-1-11-24(13-12-23)20(26)14-2-3-14/h4-9,14H,1-3,10-13H2,(H,22,25). The van der Waals surface area contributed by atoms with Gasteiger partial charge in [-0.15, -0.1) is 11.3 Å². The fourth-order valence-electron chi connectivity index (χ4n) is 3.37. The van der Waals surface area contributed by atoms with Crippen molar-refractivity contribution in [2.45, 2.75) is 19.3 Å². The van der Waals surface area contributed by atoms with Crippen LogP contribution in [0.5, 0.6) is 0 Å². The molecule has 1 aromatic carbocycles. The minimum Gasteiger partial charge on any atom is -0.370 e. The Morgan fingerprint density at radius 3 is 2.44 bits per heavy atom. The molecular weight excluding hydrogens is 382 g/mol. The van der Waals surface area contributed by atoms with E-state index in [2.05, 4.69) is 10.2 Å². The Kier molecular flexibility index (Phi) is 5.36. The van der Waals surface area contributed by atoms with E-state index >= 15 is 0 Å². The number of nitrogens with zero attached hydrogens (tertiary/aromatic N) is 2. The molecule has 0 bridgehead atoms. The average Bonchev–Trinajstić information content (AvgIpc) is 3.47. The highest BCUT2D eigenvalue weighted by atomic mass is 35.5. The minimum atomic E-state index is -0.149. The van der Waals surface area contributed by atoms with Gasteiger partial charge >= 0.3 is 0 Å². The maximum absolute atomic E-state index is 12.3. The minimum absolute atomic E-state index is 0.149. The molecule has 0 unspecified atom stereocenters. The molecule has 0 spiro atoms. The first-order valence-electron chi connectivity index (χ1n) is 9.30. The Morgan fingerprint density at radius 1 is 1.00 bits per heavy atom. The molecule has 5 nitrogen and oxygen atoms in total. The van der Waals surface area contributed by atoms with Crippen molar-refractivity contribution >= 4 is 46.1 Å². The maximum Gasteiger partial charge on any atom is 0.265 e. The number of benzene rings is 1. The Morgan fingerprint density at radius 2 is 1.78 bits per heavy atom. The van der Waals surface area contributed by atoms with Gasteiger partial charge in [-0.25, -0.2) is 0 Å². The Labute approximate surface area is 167 Å². The Bertz CT molecular complexity index is 832. The molecule has 1 aliphatic heterocycles. The van der Waals surface area contributed by atoms with E-state index in [1.165, 1.54) is 11.3 Å². The topological polar surface area (TPSA) is 52.7 Å². The van der Waals surface area contributed by atoms with Crippen molar-refractivity contribution in [3.05, 3.63) is 45.6 Å². The second kappa shape index (κ2) is 7.90. The lowest BCUT2D eigenvalue weighted by molar-refractivity contribution is -0.132. The summed E-state index contributed by atoms with van der Waals surface area (Å²) in [6.45, 7) is 3.42. The van der Waals surface area contributed by atoms with E-state index in [1.54, 1.807) is 12.1 Å². The first-order chi connectivity index (χ1) is 13.1. The molecule has 27 heavy (non-hydrogen) atoms. The SMILES string of the molecule is O=C(Nc1ccc(N2CCCN(C(=O)C3CC3)CC2)cc1)c1ccc(Cl)s1. The first kappa shape index (κ1) is 18.3. The average molecular weight is 404 g/mol. The zero-order chi connectivity index (χ0) is 18.8. The second-order valence-electron chi connectivity index (χ2n) is 7.04. The van der Waals surface area contributed by atoms with Crippen LogP contribution in [0, 0.1) is 5.92 Å². The van der Waals surface area contributed by atoms with Gasteiger partial charge in [0.1, 0.15) is 0 Å². The van der Waals surface area contributed by atoms with Crippen LogP contribution in [0.15, 0.2) is 36.4 Å². The van der Waals surface area contributed by atoms with Gasteiger partial charge in [0.2, 0.25) is 5.91 Å². The predicted octanol–water partition coefficient (Wildman–Crippen LogP) is 4.10. The summed E-state index contributed by atoms with van der Waals surface area (Å²) in [5.41, 5.74) is 1.88. The molecule has 1 aliphatic carbocycles. The summed E-state index contributed by atoms with van der Waals surface area (Å²) < 4.78 is 0.603. The molecule has 1 saturated carbocycles. The van der Waals surface area contributed by atoms with E-state index in [0.717, 1.165) is 56.8 Å². The summed E-state index contributed by atoms with van der Waals surface area (Å²) in [6.07, 6.45) is 3.10. The number of hydrogen-bond acceptors (Lipinski definition) is 4. The summed E-state index contributed by atoms with van der Waals surface area (Å²) in [7, 11) is 0. The number of thiophene rings is 1. The molecule has 2 aromatic rings. The number of nitrogens with one attached hydrogen (secondary N) is 1. The third-order valence-electron chi connectivity index (χ3n) is 5.02. The van der Waals surface area contributed by atoms with Gasteiger partial charge in [0, 0.05) is 43.5 Å². The van der Waals surface area contributed by atoms with Crippen molar-refractivity contribution in [3.8, 4) is 0 Å². The third-order valence-corrected chi connectivity index (χ3v) is 6.25. The summed E-state index contributed by atoms with van der Waals surface area (Å²) in [5.74, 6) is 0.477. The van der Waals surface area contributed by atoms with Gasteiger partial charge in [0.15, 0.2) is 0 Å². The van der Waals surface area contributed by atoms with Gasteiger partial charge in [0.25, 0.3) is 5.91 Å². The molecule has 1 aromatic heterocycles. The Hall–Kier alpha value is -2.05. The van der Waals surface area contributed by atoms with Crippen LogP contribution >= 0.6 is 22.9 Å². The summed E-state index contributed by atoms with van der Waals surface area (Å²) >= 11 is 7.15. The number of hydrogen-bond donors (Lipinski definition) is 1. The Balaban J connectivity index is 1.35. The number of anilines is 2. The molecule has 142 valence electrons. The number of carbonyl (C=O) groups is 2. The molecule has 1 saturated heterocycles. The lowest BCUT2D eigenvalue weighted by Gasteiger charge is -2.24. The van der Waals surface area contributed by atoms with Gasteiger partial charge in [-0.2, -0.15) is 0 Å². The van der Waals surface area contributed by atoms with Crippen LogP contribution in [0.3, 0.4) is 0 Å². The van der Waals surface area contributed by atoms with E-state index in [9.17, 15) is 9.59 Å². The molecule has 2 heterocycles. The fourth-order valence-corrected chi connectivity index (χ4v) is 4.31. The van der Waals surface area contributed by atoms with E-state index < -0.39 is 0 Å². The zero-order valence-corrected chi connectivity index (χ0v) is 16.6. The third kappa shape index (κ3) is 4.45. The predicted molar refractivity (Wildman–Crippen MR) is 110 cm³/mol. The normalized spacial score (nSPS) is 17.5. The lowest BCUT2D eigenvalue weighted by atomic mass is 10.2. The van der Waals surface area contributed by atoms with Crippen molar-refractivity contribution in [2.75, 3.05) is 36.4 Å². The van der Waals surface area contributed by atoms with Crippen LogP contribution in [0.1, 0.15) is 28.9 Å². The molecule has 0 atom stereocenters. The number of carbonyl (C=O) groups excluding carboxylic acids is 2. The van der Waals surface area contributed by atoms with E-state index in [-0.39, 0.29) is 11.8 Å². The van der Waals surface area contributed by atoms with Gasteiger partial charge in [-0.05, 0) is 55.7 Å². The monoisotopic (exact) mass is 403 g/mol. The summed E-state index contributed by atoms with van der Waals surface area (Å²) in [5, 5.41) is 2.90. The van der Waals surface area contributed by atoms with Crippen molar-refractivity contribution < 1.29 is 9.59 Å². The summed E-state index contributed by atoms with van der Waals surface area (Å²) in [6, 6.07) is 11.3. The smallest absolute Gasteiger partial charge is 0.265 e. The number of amides is 2. The van der Waals surface area contributed by atoms with Crippen molar-refractivity contribution in [2.24, 2.45) is 5.92 Å². The fraction of sp³-hybridized carbons (Fsp3) is 0.400. The van der Waals surface area contributed by atoms with E-state index in [1.807, 2.05) is 29.2 Å². The number of halogens is 1. The zero-order valence-electron chi connectivity index (χ0n) is 15.0. The maximum atomic E-state index is 12.3. The highest BCUT2D eigenvalue weighted by molar-refractivity contribution is 7.18. The van der Waals surface area contributed by atoms with Crippen LogP contribution in [-0.2, 0) is 4.79 Å². The molecule has 0 radical (unpaired) electrons. The van der Waals surface area contributed by atoms with Crippen LogP contribution in [0.25, 0.3) is 0 Å². The first-order valence-corrected chi connectivity index (χ1v) is 10.5. The van der Waals surface area contributed by atoms with Crippen molar-refractivity contribution in [3.63, 3.8) is 0 Å². The second-order valence-corrected chi connectivity index (χ2v) is 8.76. The van der Waals surface area contributed by atoms with Crippen LogP contribution in [-0.4, -0.2) is 42.9 Å². The van der Waals surface area contributed by atoms with E-state index in [4.69, 9.17) is 11.6 Å². The summed E-state index contributed by atoms with van der Waals surface area (Å²) in [4.78, 5) is 29.4. The number of rotatable bonds is 4.